The molecule has 128 valence electrons. The molecule has 2 nitrogen and oxygen atoms in total. The Morgan fingerprint density at radius 3 is 2.67 bits per heavy atom. The van der Waals surface area contributed by atoms with Crippen LogP contribution in [0.15, 0.2) is 24.3 Å². The van der Waals surface area contributed by atoms with Crippen LogP contribution in [-0.4, -0.2) is 12.5 Å². The van der Waals surface area contributed by atoms with E-state index in [4.69, 9.17) is 0 Å². The Morgan fingerprint density at radius 2 is 1.92 bits per heavy atom. The molecule has 0 aromatic heterocycles. The maximum absolute atomic E-state index is 13.7. The van der Waals surface area contributed by atoms with Gasteiger partial charge in [-0.25, -0.2) is 4.39 Å². The molecule has 5 rings (SSSR count). The van der Waals surface area contributed by atoms with Crippen LogP contribution in [0.5, 0.6) is 0 Å². The summed E-state index contributed by atoms with van der Waals surface area (Å²) in [6.07, 6.45) is 5.55. The van der Waals surface area contributed by atoms with Crippen LogP contribution in [0.2, 0.25) is 0 Å². The molecule has 24 heavy (non-hydrogen) atoms. The second kappa shape index (κ2) is 5.31. The molecule has 0 saturated heterocycles. The quantitative estimate of drug-likeness (QED) is 0.866. The fraction of sp³-hybridized carbons (Fsp3) is 0.667. The molecule has 0 heterocycles. The molecule has 4 saturated carbocycles. The van der Waals surface area contributed by atoms with Gasteiger partial charge in [0, 0.05) is 6.54 Å². The largest absolute Gasteiger partial charge is 0.352 e. The van der Waals surface area contributed by atoms with Gasteiger partial charge in [-0.3, -0.25) is 4.79 Å². The Hall–Kier alpha value is -1.38. The van der Waals surface area contributed by atoms with Gasteiger partial charge in [-0.1, -0.05) is 19.1 Å². The molecular weight excluding hydrogens is 301 g/mol. The van der Waals surface area contributed by atoms with Gasteiger partial charge in [0.05, 0.1) is 5.56 Å². The predicted octanol–water partition coefficient (Wildman–Crippen LogP) is 4.12. The zero-order valence-electron chi connectivity index (χ0n) is 14.2. The number of hydrogen-bond acceptors (Lipinski definition) is 1. The van der Waals surface area contributed by atoms with E-state index in [1.807, 2.05) is 0 Å². The first-order valence-electron chi connectivity index (χ1n) is 9.68. The monoisotopic (exact) mass is 327 g/mol. The summed E-state index contributed by atoms with van der Waals surface area (Å²) in [6.45, 7) is 3.04. The third-order valence-corrected chi connectivity index (χ3v) is 7.98. The Morgan fingerprint density at radius 1 is 1.17 bits per heavy atom. The van der Waals surface area contributed by atoms with Crippen molar-refractivity contribution in [3.63, 3.8) is 0 Å². The molecular formula is C21H26FNO. The number of halogens is 1. The molecule has 4 fully saturated rings. The van der Waals surface area contributed by atoms with Gasteiger partial charge in [-0.15, -0.1) is 0 Å². The number of rotatable bonds is 5. The summed E-state index contributed by atoms with van der Waals surface area (Å²) in [5.74, 6) is 6.98. The van der Waals surface area contributed by atoms with Crippen LogP contribution in [-0.2, 0) is 0 Å². The van der Waals surface area contributed by atoms with Gasteiger partial charge in [0.25, 0.3) is 5.91 Å². The van der Waals surface area contributed by atoms with Gasteiger partial charge in [0.2, 0.25) is 0 Å². The molecule has 8 unspecified atom stereocenters. The van der Waals surface area contributed by atoms with Crippen LogP contribution in [0.4, 0.5) is 4.39 Å². The summed E-state index contributed by atoms with van der Waals surface area (Å²) >= 11 is 0. The van der Waals surface area contributed by atoms with Crippen molar-refractivity contribution in [2.75, 3.05) is 6.54 Å². The highest BCUT2D eigenvalue weighted by Crippen LogP contribution is 2.75. The van der Waals surface area contributed by atoms with Gasteiger partial charge in [-0.2, -0.15) is 0 Å². The standard InChI is InChI=1S/C21H26FNO/c1-11(6-7-23-21(24)13-4-2-3-5-18(13)22)19-16-10-17-15-9-12(20(17)19)8-14(15)16/h2-5,11-12,14-17,19-20H,6-10H2,1H3,(H,23,24). The molecule has 0 radical (unpaired) electrons. The van der Waals surface area contributed by atoms with E-state index >= 15 is 0 Å². The second-order valence-corrected chi connectivity index (χ2v) is 8.78. The predicted molar refractivity (Wildman–Crippen MR) is 90.8 cm³/mol. The van der Waals surface area contributed by atoms with Crippen molar-refractivity contribution in [3.8, 4) is 0 Å². The lowest BCUT2D eigenvalue weighted by molar-refractivity contribution is 0.0352. The van der Waals surface area contributed by atoms with Crippen molar-refractivity contribution >= 4 is 5.91 Å². The van der Waals surface area contributed by atoms with E-state index < -0.39 is 5.82 Å². The van der Waals surface area contributed by atoms with E-state index in [0.29, 0.717) is 12.5 Å². The third kappa shape index (κ3) is 1.96. The fourth-order valence-electron chi connectivity index (χ4n) is 7.38. The van der Waals surface area contributed by atoms with E-state index in [0.717, 1.165) is 47.8 Å². The first-order valence-corrected chi connectivity index (χ1v) is 9.68. The Kier molecular flexibility index (Phi) is 3.30. The fourth-order valence-corrected chi connectivity index (χ4v) is 7.38. The summed E-state index contributed by atoms with van der Waals surface area (Å²) in [5, 5.41) is 2.92. The number of hydrogen-bond donors (Lipinski definition) is 1. The molecule has 4 bridgehead atoms. The number of carbonyl (C=O) groups is 1. The van der Waals surface area contributed by atoms with E-state index in [-0.39, 0.29) is 11.5 Å². The van der Waals surface area contributed by atoms with Crippen LogP contribution < -0.4 is 5.32 Å². The van der Waals surface area contributed by atoms with E-state index in [1.54, 1.807) is 18.2 Å². The summed E-state index contributed by atoms with van der Waals surface area (Å²) in [4.78, 5) is 12.1. The molecule has 1 N–H and O–H groups in total. The van der Waals surface area contributed by atoms with E-state index in [1.165, 1.54) is 25.3 Å². The van der Waals surface area contributed by atoms with Crippen molar-refractivity contribution in [2.24, 2.45) is 47.3 Å². The van der Waals surface area contributed by atoms with Crippen LogP contribution in [0, 0.1) is 53.2 Å². The zero-order valence-corrected chi connectivity index (χ0v) is 14.2. The lowest BCUT2D eigenvalue weighted by atomic mass is 9.61. The van der Waals surface area contributed by atoms with Gasteiger partial charge in [0.1, 0.15) is 5.82 Å². The summed E-state index contributed by atoms with van der Waals surface area (Å²) in [7, 11) is 0. The molecule has 0 spiro atoms. The first kappa shape index (κ1) is 14.9. The van der Waals surface area contributed by atoms with Crippen LogP contribution in [0.25, 0.3) is 0 Å². The van der Waals surface area contributed by atoms with Crippen molar-refractivity contribution in [1.82, 2.24) is 5.32 Å². The van der Waals surface area contributed by atoms with Gasteiger partial charge in [-0.05, 0) is 85.2 Å². The maximum atomic E-state index is 13.7. The van der Waals surface area contributed by atoms with Crippen molar-refractivity contribution in [3.05, 3.63) is 35.6 Å². The average Bonchev–Trinajstić information content (AvgIpc) is 3.26. The van der Waals surface area contributed by atoms with Crippen molar-refractivity contribution < 1.29 is 9.18 Å². The molecule has 4 aliphatic rings. The molecule has 4 aliphatic carbocycles. The van der Waals surface area contributed by atoms with Crippen molar-refractivity contribution in [2.45, 2.75) is 32.6 Å². The minimum atomic E-state index is -0.437. The highest BCUT2D eigenvalue weighted by atomic mass is 19.1. The topological polar surface area (TPSA) is 29.1 Å². The van der Waals surface area contributed by atoms with Gasteiger partial charge < -0.3 is 5.32 Å². The van der Waals surface area contributed by atoms with Crippen LogP contribution in [0.3, 0.4) is 0 Å². The Bertz CT molecular complexity index is 670. The number of benzene rings is 1. The Labute approximate surface area is 143 Å². The smallest absolute Gasteiger partial charge is 0.254 e. The minimum Gasteiger partial charge on any atom is -0.352 e. The summed E-state index contributed by atoms with van der Waals surface area (Å²) in [6, 6.07) is 6.22. The lowest BCUT2D eigenvalue weighted by Gasteiger charge is -2.44. The second-order valence-electron chi connectivity index (χ2n) is 8.78. The van der Waals surface area contributed by atoms with Crippen LogP contribution >= 0.6 is 0 Å². The summed E-state index contributed by atoms with van der Waals surface area (Å²) in [5.41, 5.74) is 0.157. The van der Waals surface area contributed by atoms with E-state index in [2.05, 4.69) is 12.2 Å². The van der Waals surface area contributed by atoms with Gasteiger partial charge >= 0.3 is 0 Å². The SMILES string of the molecule is CC(CCNC(=O)c1ccccc1F)C1C2CC3C4CC(CC42)C31. The molecule has 3 heteroatoms. The summed E-state index contributed by atoms with van der Waals surface area (Å²) < 4.78 is 13.7. The third-order valence-electron chi connectivity index (χ3n) is 7.98. The maximum Gasteiger partial charge on any atom is 0.254 e. The van der Waals surface area contributed by atoms with Crippen LogP contribution in [0.1, 0.15) is 43.0 Å². The minimum absolute atomic E-state index is 0.157. The van der Waals surface area contributed by atoms with E-state index in [9.17, 15) is 9.18 Å². The average molecular weight is 327 g/mol. The number of fused-ring (bicyclic) bond motifs is 4. The zero-order chi connectivity index (χ0) is 16.4. The molecule has 1 amide bonds. The van der Waals surface area contributed by atoms with Crippen molar-refractivity contribution in [1.29, 1.82) is 0 Å². The lowest BCUT2D eigenvalue weighted by Crippen LogP contribution is -2.40. The number of amides is 1. The first-order chi connectivity index (χ1) is 11.6. The number of nitrogens with one attached hydrogen (secondary N) is 1. The normalized spacial score (nSPS) is 42.0. The Balaban J connectivity index is 1.18. The molecule has 1 aromatic rings. The highest BCUT2D eigenvalue weighted by molar-refractivity contribution is 5.94. The molecule has 1 aromatic carbocycles. The number of carbonyl (C=O) groups excluding carboxylic acids is 1. The molecule has 0 aliphatic heterocycles. The molecule has 8 atom stereocenters. The highest BCUT2D eigenvalue weighted by Gasteiger charge is 2.69. The van der Waals surface area contributed by atoms with Gasteiger partial charge in [0.15, 0.2) is 0 Å².